The third-order valence-corrected chi connectivity index (χ3v) is 5.96. The van der Waals surface area contributed by atoms with Crippen molar-refractivity contribution in [3.05, 3.63) is 101 Å². The lowest BCUT2D eigenvalue weighted by Crippen LogP contribution is -2.46. The Kier molecular flexibility index (Phi) is 6.37. The minimum Gasteiger partial charge on any atom is -0.326 e. The zero-order valence-electron chi connectivity index (χ0n) is 17.7. The Morgan fingerprint density at radius 1 is 0.969 bits per heavy atom. The summed E-state index contributed by atoms with van der Waals surface area (Å²) in [5.74, 6) is -0.972. The standard InChI is InChI=1S/C26H23ClN2O3/c1-18-7-5-6-10-22(18)25(31)28(16-15-19-8-3-2-4-9-19)23-17-24(30)29(26(23)32)21-13-11-20(27)12-14-21/h2-14,23H,15-17H2,1H3. The van der Waals surface area contributed by atoms with Crippen molar-refractivity contribution in [3.8, 4) is 0 Å². The normalized spacial score (nSPS) is 15.8. The van der Waals surface area contributed by atoms with Gasteiger partial charge in [0.25, 0.3) is 11.8 Å². The van der Waals surface area contributed by atoms with Crippen LogP contribution in [0.15, 0.2) is 78.9 Å². The number of aryl methyl sites for hydroxylation is 1. The van der Waals surface area contributed by atoms with E-state index in [0.717, 1.165) is 16.0 Å². The fourth-order valence-electron chi connectivity index (χ4n) is 3.98. The Morgan fingerprint density at radius 2 is 1.62 bits per heavy atom. The van der Waals surface area contributed by atoms with Crippen molar-refractivity contribution < 1.29 is 14.4 Å². The lowest BCUT2D eigenvalue weighted by Gasteiger charge is -2.28. The van der Waals surface area contributed by atoms with Crippen LogP contribution in [0.2, 0.25) is 5.02 Å². The smallest absolute Gasteiger partial charge is 0.257 e. The van der Waals surface area contributed by atoms with Crippen molar-refractivity contribution in [2.24, 2.45) is 0 Å². The second-order valence-corrected chi connectivity index (χ2v) is 8.25. The van der Waals surface area contributed by atoms with Crippen molar-refractivity contribution in [2.45, 2.75) is 25.8 Å². The van der Waals surface area contributed by atoms with Gasteiger partial charge in [-0.2, -0.15) is 0 Å². The van der Waals surface area contributed by atoms with Crippen LogP contribution in [-0.4, -0.2) is 35.2 Å². The summed E-state index contributed by atoms with van der Waals surface area (Å²) in [6.07, 6.45) is 0.533. The molecule has 1 unspecified atom stereocenters. The Hall–Kier alpha value is -3.44. The van der Waals surface area contributed by atoms with Gasteiger partial charge in [0.05, 0.1) is 12.1 Å². The molecule has 6 heteroatoms. The van der Waals surface area contributed by atoms with Crippen LogP contribution in [0.1, 0.15) is 27.9 Å². The molecule has 0 aliphatic carbocycles. The highest BCUT2D eigenvalue weighted by molar-refractivity contribution is 6.31. The SMILES string of the molecule is Cc1ccccc1C(=O)N(CCc1ccccc1)C1CC(=O)N(c2ccc(Cl)cc2)C1=O. The van der Waals surface area contributed by atoms with Crippen molar-refractivity contribution >= 4 is 35.0 Å². The van der Waals surface area contributed by atoms with Crippen LogP contribution in [0.4, 0.5) is 5.69 Å². The second kappa shape index (κ2) is 9.37. The van der Waals surface area contributed by atoms with Gasteiger partial charge in [-0.3, -0.25) is 14.4 Å². The van der Waals surface area contributed by atoms with Gasteiger partial charge in [0.15, 0.2) is 0 Å². The first-order valence-electron chi connectivity index (χ1n) is 10.5. The number of nitrogens with zero attached hydrogens (tertiary/aromatic N) is 2. The molecule has 1 heterocycles. The lowest BCUT2D eigenvalue weighted by molar-refractivity contribution is -0.122. The van der Waals surface area contributed by atoms with E-state index in [1.165, 1.54) is 0 Å². The van der Waals surface area contributed by atoms with E-state index >= 15 is 0 Å². The molecule has 0 radical (unpaired) electrons. The van der Waals surface area contributed by atoms with Crippen LogP contribution in [0.3, 0.4) is 0 Å². The first-order valence-corrected chi connectivity index (χ1v) is 10.9. The molecule has 0 bridgehead atoms. The quantitative estimate of drug-likeness (QED) is 0.517. The van der Waals surface area contributed by atoms with Gasteiger partial charge in [-0.15, -0.1) is 0 Å². The third kappa shape index (κ3) is 4.43. The molecule has 1 atom stereocenters. The molecular weight excluding hydrogens is 424 g/mol. The second-order valence-electron chi connectivity index (χ2n) is 7.81. The molecule has 1 aliphatic heterocycles. The molecule has 1 aliphatic rings. The monoisotopic (exact) mass is 446 g/mol. The van der Waals surface area contributed by atoms with E-state index in [0.29, 0.717) is 29.2 Å². The van der Waals surface area contributed by atoms with Crippen molar-refractivity contribution in [1.29, 1.82) is 0 Å². The topological polar surface area (TPSA) is 57.7 Å². The van der Waals surface area contributed by atoms with Crippen molar-refractivity contribution in [2.75, 3.05) is 11.4 Å². The molecule has 32 heavy (non-hydrogen) atoms. The van der Waals surface area contributed by atoms with E-state index < -0.39 is 11.9 Å². The molecule has 0 saturated carbocycles. The molecule has 3 aromatic carbocycles. The Morgan fingerprint density at radius 3 is 2.31 bits per heavy atom. The summed E-state index contributed by atoms with van der Waals surface area (Å²) >= 11 is 5.95. The van der Waals surface area contributed by atoms with E-state index in [-0.39, 0.29) is 18.2 Å². The minimum atomic E-state index is -0.853. The number of rotatable bonds is 6. The first kappa shape index (κ1) is 21.8. The average Bonchev–Trinajstić information content (AvgIpc) is 3.09. The van der Waals surface area contributed by atoms with Crippen LogP contribution < -0.4 is 4.90 Å². The molecular formula is C26H23ClN2O3. The largest absolute Gasteiger partial charge is 0.326 e. The molecule has 0 spiro atoms. The number of hydrogen-bond donors (Lipinski definition) is 0. The van der Waals surface area contributed by atoms with Crippen LogP contribution in [0, 0.1) is 6.92 Å². The molecule has 3 aromatic rings. The number of carbonyl (C=O) groups excluding carboxylic acids is 3. The van der Waals surface area contributed by atoms with E-state index in [9.17, 15) is 14.4 Å². The summed E-state index contributed by atoms with van der Waals surface area (Å²) in [6, 6.07) is 22.8. The fourth-order valence-corrected chi connectivity index (χ4v) is 4.11. The molecule has 0 aromatic heterocycles. The van der Waals surface area contributed by atoms with Gasteiger partial charge in [-0.05, 0) is 54.8 Å². The summed E-state index contributed by atoms with van der Waals surface area (Å²) in [5.41, 5.74) is 2.87. The van der Waals surface area contributed by atoms with E-state index in [1.54, 1.807) is 41.3 Å². The predicted molar refractivity (Wildman–Crippen MR) is 125 cm³/mol. The molecule has 1 fully saturated rings. The summed E-state index contributed by atoms with van der Waals surface area (Å²) in [5, 5.41) is 0.517. The van der Waals surface area contributed by atoms with Gasteiger partial charge < -0.3 is 4.90 Å². The Labute approximate surface area is 192 Å². The lowest BCUT2D eigenvalue weighted by atomic mass is 10.0. The number of carbonyl (C=O) groups is 3. The Balaban J connectivity index is 1.65. The number of benzene rings is 3. The van der Waals surface area contributed by atoms with E-state index in [4.69, 9.17) is 11.6 Å². The fraction of sp³-hybridized carbons (Fsp3) is 0.192. The number of anilines is 1. The first-order chi connectivity index (χ1) is 15.5. The van der Waals surface area contributed by atoms with E-state index in [1.807, 2.05) is 49.4 Å². The number of halogens is 1. The maximum absolute atomic E-state index is 13.5. The summed E-state index contributed by atoms with van der Waals surface area (Å²) in [4.78, 5) is 42.4. The van der Waals surface area contributed by atoms with Crippen LogP contribution >= 0.6 is 11.6 Å². The number of imide groups is 1. The molecule has 0 N–H and O–H groups in total. The van der Waals surface area contributed by atoms with Gasteiger partial charge in [0.2, 0.25) is 5.91 Å². The molecule has 1 saturated heterocycles. The highest BCUT2D eigenvalue weighted by Gasteiger charge is 2.44. The van der Waals surface area contributed by atoms with Crippen LogP contribution in [-0.2, 0) is 16.0 Å². The summed E-state index contributed by atoms with van der Waals surface area (Å²) in [6.45, 7) is 2.19. The van der Waals surface area contributed by atoms with Gasteiger partial charge in [-0.1, -0.05) is 60.1 Å². The zero-order chi connectivity index (χ0) is 22.7. The number of hydrogen-bond acceptors (Lipinski definition) is 3. The maximum atomic E-state index is 13.5. The molecule has 162 valence electrons. The molecule has 3 amide bonds. The summed E-state index contributed by atoms with van der Waals surface area (Å²) in [7, 11) is 0. The van der Waals surface area contributed by atoms with Gasteiger partial charge >= 0.3 is 0 Å². The average molecular weight is 447 g/mol. The molecule has 4 rings (SSSR count). The van der Waals surface area contributed by atoms with Gasteiger partial charge in [0.1, 0.15) is 6.04 Å². The molecule has 5 nitrogen and oxygen atoms in total. The highest BCUT2D eigenvalue weighted by Crippen LogP contribution is 2.28. The summed E-state index contributed by atoms with van der Waals surface area (Å²) < 4.78 is 0. The zero-order valence-corrected chi connectivity index (χ0v) is 18.5. The van der Waals surface area contributed by atoms with Crippen LogP contribution in [0.25, 0.3) is 0 Å². The van der Waals surface area contributed by atoms with Crippen molar-refractivity contribution in [3.63, 3.8) is 0 Å². The van der Waals surface area contributed by atoms with E-state index in [2.05, 4.69) is 0 Å². The predicted octanol–water partition coefficient (Wildman–Crippen LogP) is 4.67. The highest BCUT2D eigenvalue weighted by atomic mass is 35.5. The minimum absolute atomic E-state index is 0.0477. The Bertz CT molecular complexity index is 1150. The van der Waals surface area contributed by atoms with Crippen LogP contribution in [0.5, 0.6) is 0 Å². The maximum Gasteiger partial charge on any atom is 0.257 e. The van der Waals surface area contributed by atoms with Gasteiger partial charge in [0, 0.05) is 17.1 Å². The number of amides is 3. The van der Waals surface area contributed by atoms with Crippen molar-refractivity contribution in [1.82, 2.24) is 4.90 Å². The third-order valence-electron chi connectivity index (χ3n) is 5.70. The van der Waals surface area contributed by atoms with Gasteiger partial charge in [-0.25, -0.2) is 4.90 Å².